The third-order valence-electron chi connectivity index (χ3n) is 5.91. The molecule has 2 amide bonds. The number of carbonyl (C=O) groups is 2. The van der Waals surface area contributed by atoms with E-state index < -0.39 is 5.60 Å². The molecule has 3 aromatic rings. The summed E-state index contributed by atoms with van der Waals surface area (Å²) in [6.45, 7) is 0.0757. The van der Waals surface area contributed by atoms with E-state index in [4.69, 9.17) is 9.73 Å². The molecule has 1 N–H and O–H groups in total. The summed E-state index contributed by atoms with van der Waals surface area (Å²) in [6.07, 6.45) is 0.139. The van der Waals surface area contributed by atoms with Crippen molar-refractivity contribution in [1.82, 2.24) is 4.90 Å². The van der Waals surface area contributed by atoms with Crippen LogP contribution in [0.1, 0.15) is 38.3 Å². The normalized spacial score (nSPS) is 19.3. The van der Waals surface area contributed by atoms with E-state index in [1.807, 2.05) is 48.5 Å². The van der Waals surface area contributed by atoms with Gasteiger partial charge in [0, 0.05) is 18.5 Å². The Morgan fingerprint density at radius 2 is 1.52 bits per heavy atom. The van der Waals surface area contributed by atoms with Crippen molar-refractivity contribution < 1.29 is 19.4 Å². The van der Waals surface area contributed by atoms with Gasteiger partial charge in [-0.15, -0.1) is 0 Å². The highest BCUT2D eigenvalue weighted by Crippen LogP contribution is 2.43. The highest BCUT2D eigenvalue weighted by atomic mass is 16.5. The third-order valence-corrected chi connectivity index (χ3v) is 5.91. The summed E-state index contributed by atoms with van der Waals surface area (Å²) in [5, 5.41) is 11.8. The Morgan fingerprint density at radius 1 is 0.903 bits per heavy atom. The van der Waals surface area contributed by atoms with Gasteiger partial charge in [0.25, 0.3) is 11.8 Å². The Bertz CT molecular complexity index is 1200. The van der Waals surface area contributed by atoms with Crippen LogP contribution in [-0.4, -0.2) is 41.2 Å². The molecule has 0 saturated heterocycles. The fourth-order valence-corrected chi connectivity index (χ4v) is 4.28. The van der Waals surface area contributed by atoms with Crippen molar-refractivity contribution in [3.63, 3.8) is 0 Å². The summed E-state index contributed by atoms with van der Waals surface area (Å²) < 4.78 is 5.23. The SMILES string of the molecule is COc1ccc(C2=Nc3ccccc3C2(O)CCN2C(=O)c3ccccc3C2=O)cc1. The summed E-state index contributed by atoms with van der Waals surface area (Å²) in [5.41, 5.74) is 1.96. The Morgan fingerprint density at radius 3 is 2.16 bits per heavy atom. The average molecular weight is 412 g/mol. The molecule has 0 saturated carbocycles. The number of hydrogen-bond acceptors (Lipinski definition) is 5. The lowest BCUT2D eigenvalue weighted by Crippen LogP contribution is -2.40. The Balaban J connectivity index is 1.48. The maximum atomic E-state index is 12.8. The largest absolute Gasteiger partial charge is 0.497 e. The van der Waals surface area contributed by atoms with Crippen LogP contribution < -0.4 is 4.74 Å². The van der Waals surface area contributed by atoms with Crippen molar-refractivity contribution in [3.05, 3.63) is 95.1 Å². The van der Waals surface area contributed by atoms with Gasteiger partial charge in [-0.2, -0.15) is 0 Å². The van der Waals surface area contributed by atoms with Crippen LogP contribution in [-0.2, 0) is 5.60 Å². The summed E-state index contributed by atoms with van der Waals surface area (Å²) in [4.78, 5) is 31.4. The van der Waals surface area contributed by atoms with Crippen LogP contribution in [0.5, 0.6) is 5.75 Å². The number of carbonyl (C=O) groups excluding carboxylic acids is 2. The van der Waals surface area contributed by atoms with Crippen LogP contribution in [0.2, 0.25) is 0 Å². The molecular formula is C25H20N2O4. The van der Waals surface area contributed by atoms with Gasteiger partial charge in [-0.05, 0) is 48.0 Å². The van der Waals surface area contributed by atoms with E-state index in [0.717, 1.165) is 5.56 Å². The van der Waals surface area contributed by atoms with Gasteiger partial charge in [0.05, 0.1) is 29.6 Å². The second-order valence-corrected chi connectivity index (χ2v) is 7.62. The molecule has 6 heteroatoms. The van der Waals surface area contributed by atoms with Crippen LogP contribution in [0.15, 0.2) is 77.8 Å². The highest BCUT2D eigenvalue weighted by Gasteiger charge is 2.44. The first-order valence-electron chi connectivity index (χ1n) is 10.0. The standard InChI is InChI=1S/C25H20N2O4/c1-31-17-12-10-16(11-13-17)22-25(30,20-8-4-5-9-21(20)26-22)14-15-27-23(28)18-6-2-3-7-19(18)24(27)29/h2-13,30H,14-15H2,1H3. The number of hydrogen-bond donors (Lipinski definition) is 1. The number of rotatable bonds is 5. The topological polar surface area (TPSA) is 79.2 Å². The van der Waals surface area contributed by atoms with E-state index in [2.05, 4.69) is 0 Å². The number of methoxy groups -OCH3 is 1. The van der Waals surface area contributed by atoms with Crippen LogP contribution in [0, 0.1) is 0 Å². The highest BCUT2D eigenvalue weighted by molar-refractivity contribution is 6.21. The number of aliphatic hydroxyl groups is 1. The van der Waals surface area contributed by atoms with E-state index in [9.17, 15) is 14.7 Å². The van der Waals surface area contributed by atoms with Gasteiger partial charge in [-0.1, -0.05) is 30.3 Å². The van der Waals surface area contributed by atoms with Gasteiger partial charge in [-0.25, -0.2) is 4.99 Å². The first-order valence-corrected chi connectivity index (χ1v) is 10.0. The summed E-state index contributed by atoms with van der Waals surface area (Å²) in [6, 6.07) is 21.5. The van der Waals surface area contributed by atoms with Gasteiger partial charge in [-0.3, -0.25) is 14.5 Å². The van der Waals surface area contributed by atoms with E-state index in [-0.39, 0.29) is 24.8 Å². The van der Waals surface area contributed by atoms with Crippen LogP contribution in [0.3, 0.4) is 0 Å². The van der Waals surface area contributed by atoms with Crippen LogP contribution >= 0.6 is 0 Å². The fraction of sp³-hybridized carbons (Fsp3) is 0.160. The predicted molar refractivity (Wildman–Crippen MR) is 116 cm³/mol. The van der Waals surface area contributed by atoms with E-state index in [1.165, 1.54) is 4.90 Å². The molecule has 0 bridgehead atoms. The number of ether oxygens (including phenoxy) is 1. The molecule has 3 aromatic carbocycles. The molecule has 0 fully saturated rings. The lowest BCUT2D eigenvalue weighted by atomic mass is 9.84. The van der Waals surface area contributed by atoms with Crippen molar-refractivity contribution in [2.75, 3.05) is 13.7 Å². The summed E-state index contributed by atoms with van der Waals surface area (Å²) in [5.74, 6) is 0.0336. The monoisotopic (exact) mass is 412 g/mol. The minimum Gasteiger partial charge on any atom is -0.497 e. The molecule has 1 atom stereocenters. The van der Waals surface area contributed by atoms with Gasteiger partial charge in [0.1, 0.15) is 11.4 Å². The first-order chi connectivity index (χ1) is 15.0. The number of imide groups is 1. The van der Waals surface area contributed by atoms with E-state index >= 15 is 0 Å². The molecule has 2 aliphatic rings. The fourth-order valence-electron chi connectivity index (χ4n) is 4.28. The molecule has 31 heavy (non-hydrogen) atoms. The zero-order chi connectivity index (χ0) is 21.6. The van der Waals surface area contributed by atoms with Crippen molar-refractivity contribution in [2.45, 2.75) is 12.0 Å². The number of benzene rings is 3. The average Bonchev–Trinajstić information content (AvgIpc) is 3.24. The van der Waals surface area contributed by atoms with Crippen molar-refractivity contribution in [2.24, 2.45) is 4.99 Å². The van der Waals surface area contributed by atoms with E-state index in [0.29, 0.717) is 33.8 Å². The van der Waals surface area contributed by atoms with Crippen molar-refractivity contribution in [1.29, 1.82) is 0 Å². The molecular weight excluding hydrogens is 392 g/mol. The Kier molecular flexibility index (Phi) is 4.45. The minimum absolute atomic E-state index is 0.0757. The van der Waals surface area contributed by atoms with Crippen LogP contribution in [0.4, 0.5) is 5.69 Å². The van der Waals surface area contributed by atoms with Crippen molar-refractivity contribution in [3.8, 4) is 5.75 Å². The Labute approximate surface area is 179 Å². The zero-order valence-corrected chi connectivity index (χ0v) is 16.9. The molecule has 0 aromatic heterocycles. The molecule has 0 spiro atoms. The Hall–Kier alpha value is -3.77. The van der Waals surface area contributed by atoms with Crippen LogP contribution in [0.25, 0.3) is 0 Å². The number of fused-ring (bicyclic) bond motifs is 2. The predicted octanol–water partition coefficient (Wildman–Crippen LogP) is 3.70. The maximum absolute atomic E-state index is 12.8. The molecule has 0 aliphatic carbocycles. The van der Waals surface area contributed by atoms with Gasteiger partial charge in [0.15, 0.2) is 0 Å². The summed E-state index contributed by atoms with van der Waals surface area (Å²) >= 11 is 0. The smallest absolute Gasteiger partial charge is 0.261 e. The summed E-state index contributed by atoms with van der Waals surface area (Å²) in [7, 11) is 1.59. The van der Waals surface area contributed by atoms with Crippen molar-refractivity contribution >= 4 is 23.2 Å². The first kappa shape index (κ1) is 19.2. The quantitative estimate of drug-likeness (QED) is 0.648. The molecule has 2 aliphatic heterocycles. The second-order valence-electron chi connectivity index (χ2n) is 7.62. The second kappa shape index (κ2) is 7.18. The minimum atomic E-state index is -1.43. The van der Waals surface area contributed by atoms with Gasteiger partial charge in [0.2, 0.25) is 0 Å². The maximum Gasteiger partial charge on any atom is 0.261 e. The lowest BCUT2D eigenvalue weighted by Gasteiger charge is -2.28. The molecule has 1 unspecified atom stereocenters. The molecule has 0 radical (unpaired) electrons. The molecule has 6 nitrogen and oxygen atoms in total. The molecule has 154 valence electrons. The lowest BCUT2D eigenvalue weighted by molar-refractivity contribution is 0.0571. The number of nitrogens with zero attached hydrogens (tertiary/aromatic N) is 2. The third kappa shape index (κ3) is 2.95. The van der Waals surface area contributed by atoms with Gasteiger partial charge >= 0.3 is 0 Å². The van der Waals surface area contributed by atoms with Gasteiger partial charge < -0.3 is 9.84 Å². The number of aliphatic imine (C=N–C) groups is 1. The van der Waals surface area contributed by atoms with E-state index in [1.54, 1.807) is 31.4 Å². The number of para-hydroxylation sites is 1. The number of amides is 2. The zero-order valence-electron chi connectivity index (χ0n) is 16.9. The molecule has 5 rings (SSSR count). The molecule has 2 heterocycles.